The van der Waals surface area contributed by atoms with Gasteiger partial charge in [-0.2, -0.15) is 4.98 Å². The van der Waals surface area contributed by atoms with Gasteiger partial charge < -0.3 is 9.42 Å². The summed E-state index contributed by atoms with van der Waals surface area (Å²) in [5.74, 6) is 1.97. The second-order valence-corrected chi connectivity index (χ2v) is 6.67. The maximum Gasteiger partial charge on any atom is 0.232 e. The first-order valence-corrected chi connectivity index (χ1v) is 8.41. The van der Waals surface area contributed by atoms with E-state index in [0.29, 0.717) is 24.8 Å². The van der Waals surface area contributed by atoms with Crippen molar-refractivity contribution in [3.63, 3.8) is 0 Å². The van der Waals surface area contributed by atoms with E-state index in [4.69, 9.17) is 4.52 Å². The Hall–Kier alpha value is -2.69. The van der Waals surface area contributed by atoms with E-state index in [1.54, 1.807) is 0 Å². The lowest BCUT2D eigenvalue weighted by molar-refractivity contribution is -0.117. The molecule has 2 aromatic carbocycles. The van der Waals surface area contributed by atoms with E-state index in [9.17, 15) is 4.79 Å². The highest BCUT2D eigenvalue weighted by molar-refractivity contribution is 6.05. The summed E-state index contributed by atoms with van der Waals surface area (Å²) in [4.78, 5) is 19.0. The lowest BCUT2D eigenvalue weighted by Gasteiger charge is -2.18. The van der Waals surface area contributed by atoms with Crippen molar-refractivity contribution in [1.82, 2.24) is 10.1 Å². The summed E-state index contributed by atoms with van der Waals surface area (Å²) in [5, 5.41) is 6.31. The van der Waals surface area contributed by atoms with Gasteiger partial charge in [-0.3, -0.25) is 4.79 Å². The fourth-order valence-corrected chi connectivity index (χ4v) is 3.47. The summed E-state index contributed by atoms with van der Waals surface area (Å²) in [6, 6.07) is 14.2. The fourth-order valence-electron chi connectivity index (χ4n) is 3.47. The number of fused-ring (bicyclic) bond motifs is 1. The summed E-state index contributed by atoms with van der Waals surface area (Å²) in [7, 11) is 0. The van der Waals surface area contributed by atoms with Gasteiger partial charge in [-0.05, 0) is 24.3 Å². The van der Waals surface area contributed by atoms with Gasteiger partial charge in [0, 0.05) is 24.3 Å². The minimum atomic E-state index is -0.0172. The van der Waals surface area contributed by atoms with Gasteiger partial charge in [0.15, 0.2) is 5.82 Å². The Labute approximate surface area is 139 Å². The van der Waals surface area contributed by atoms with Crippen LogP contribution in [0.15, 0.2) is 47.0 Å². The zero-order valence-corrected chi connectivity index (χ0v) is 13.2. The molecule has 0 spiro atoms. The third-order valence-electron chi connectivity index (χ3n) is 4.93. The Bertz CT molecular complexity index is 924. The Morgan fingerprint density at radius 2 is 1.88 bits per heavy atom. The molecule has 0 unspecified atom stereocenters. The average molecular weight is 319 g/mol. The summed E-state index contributed by atoms with van der Waals surface area (Å²) in [5.41, 5.74) is 0.961. The molecule has 0 N–H and O–H groups in total. The third-order valence-corrected chi connectivity index (χ3v) is 4.93. The van der Waals surface area contributed by atoms with E-state index >= 15 is 0 Å². The summed E-state index contributed by atoms with van der Waals surface area (Å²) >= 11 is 0. The van der Waals surface area contributed by atoms with Crippen molar-refractivity contribution in [2.75, 3.05) is 11.4 Å². The van der Waals surface area contributed by atoms with Gasteiger partial charge in [0.05, 0.1) is 11.6 Å². The number of amides is 1. The Kier molecular flexibility index (Phi) is 2.95. The molecule has 2 fully saturated rings. The van der Waals surface area contributed by atoms with Crippen molar-refractivity contribution in [2.45, 2.75) is 31.1 Å². The Balaban J connectivity index is 1.47. The number of nitrogens with zero attached hydrogens (tertiary/aromatic N) is 3. The first kappa shape index (κ1) is 13.7. The lowest BCUT2D eigenvalue weighted by Crippen LogP contribution is -2.24. The lowest BCUT2D eigenvalue weighted by atomic mass is 10.1. The second kappa shape index (κ2) is 5.16. The van der Waals surface area contributed by atoms with Gasteiger partial charge in [0.25, 0.3) is 0 Å². The highest BCUT2D eigenvalue weighted by Crippen LogP contribution is 2.40. The van der Waals surface area contributed by atoms with E-state index in [1.165, 1.54) is 0 Å². The number of carbonyl (C=O) groups is 1. The maximum absolute atomic E-state index is 12.6. The number of hydrogen-bond acceptors (Lipinski definition) is 4. The van der Waals surface area contributed by atoms with E-state index in [0.717, 1.165) is 35.1 Å². The Morgan fingerprint density at radius 1 is 1.04 bits per heavy atom. The smallest absolute Gasteiger partial charge is 0.232 e. The number of hydrogen-bond donors (Lipinski definition) is 0. The molecule has 120 valence electrons. The van der Waals surface area contributed by atoms with E-state index < -0.39 is 0 Å². The van der Waals surface area contributed by atoms with E-state index in [2.05, 4.69) is 28.3 Å². The largest absolute Gasteiger partial charge is 0.339 e. The monoisotopic (exact) mass is 319 g/mol. The molecule has 1 aromatic heterocycles. The number of anilines is 1. The molecule has 5 rings (SSSR count). The van der Waals surface area contributed by atoms with Crippen LogP contribution in [-0.4, -0.2) is 22.6 Å². The number of benzene rings is 2. The molecule has 1 atom stereocenters. The van der Waals surface area contributed by atoms with Crippen LogP contribution in [0.25, 0.3) is 10.8 Å². The summed E-state index contributed by atoms with van der Waals surface area (Å²) in [6.07, 6.45) is 2.71. The van der Waals surface area contributed by atoms with E-state index in [-0.39, 0.29) is 11.8 Å². The van der Waals surface area contributed by atoms with Gasteiger partial charge in [0.1, 0.15) is 0 Å². The zero-order chi connectivity index (χ0) is 16.1. The topological polar surface area (TPSA) is 59.2 Å². The van der Waals surface area contributed by atoms with E-state index in [1.807, 2.05) is 29.2 Å². The molecule has 1 saturated carbocycles. The highest BCUT2D eigenvalue weighted by atomic mass is 16.5. The van der Waals surface area contributed by atoms with Gasteiger partial charge >= 0.3 is 0 Å². The van der Waals surface area contributed by atoms with Crippen molar-refractivity contribution in [3.8, 4) is 0 Å². The predicted octanol–water partition coefficient (Wildman–Crippen LogP) is 3.62. The average Bonchev–Trinajstić information content (AvgIpc) is 3.22. The van der Waals surface area contributed by atoms with Crippen molar-refractivity contribution in [1.29, 1.82) is 0 Å². The van der Waals surface area contributed by atoms with Gasteiger partial charge in [-0.1, -0.05) is 41.6 Å². The number of aromatic nitrogens is 2. The van der Waals surface area contributed by atoms with Crippen LogP contribution in [0.1, 0.15) is 42.8 Å². The minimum Gasteiger partial charge on any atom is -0.339 e. The van der Waals surface area contributed by atoms with Crippen LogP contribution >= 0.6 is 0 Å². The van der Waals surface area contributed by atoms with Crippen LogP contribution in [0.4, 0.5) is 5.69 Å². The summed E-state index contributed by atoms with van der Waals surface area (Å²) in [6.45, 7) is 0.596. The quantitative estimate of drug-likeness (QED) is 0.740. The standard InChI is InChI=1S/C19H17N3O2/c23-17-10-14(19-20-18(21-24-19)13-8-9-13)11-22(17)16-7-3-5-12-4-1-2-6-15(12)16/h1-7,13-14H,8-11H2/t14-/m1/s1. The van der Waals surface area contributed by atoms with Crippen LogP contribution in [0, 0.1) is 0 Å². The number of rotatable bonds is 3. The molecule has 1 amide bonds. The second-order valence-electron chi connectivity index (χ2n) is 6.67. The zero-order valence-electron chi connectivity index (χ0n) is 13.2. The van der Waals surface area contributed by atoms with Crippen LogP contribution in [-0.2, 0) is 4.79 Å². The summed E-state index contributed by atoms with van der Waals surface area (Å²) < 4.78 is 5.43. The molecule has 5 heteroatoms. The normalized spacial score (nSPS) is 20.9. The fraction of sp³-hybridized carbons (Fsp3) is 0.316. The van der Waals surface area contributed by atoms with Crippen molar-refractivity contribution >= 4 is 22.4 Å². The molecular formula is C19H17N3O2. The van der Waals surface area contributed by atoms with Gasteiger partial charge in [-0.15, -0.1) is 0 Å². The van der Waals surface area contributed by atoms with Crippen molar-refractivity contribution < 1.29 is 9.32 Å². The molecule has 5 nitrogen and oxygen atoms in total. The van der Waals surface area contributed by atoms with Crippen LogP contribution in [0.5, 0.6) is 0 Å². The molecule has 2 aliphatic rings. The first-order chi connectivity index (χ1) is 11.8. The molecular weight excluding hydrogens is 302 g/mol. The third kappa shape index (κ3) is 2.19. The molecule has 0 bridgehead atoms. The molecule has 0 radical (unpaired) electrons. The molecule has 24 heavy (non-hydrogen) atoms. The molecule has 1 aliphatic heterocycles. The van der Waals surface area contributed by atoms with Crippen molar-refractivity contribution in [3.05, 3.63) is 54.2 Å². The van der Waals surface area contributed by atoms with Crippen LogP contribution in [0.3, 0.4) is 0 Å². The van der Waals surface area contributed by atoms with Gasteiger partial charge in [0.2, 0.25) is 11.8 Å². The van der Waals surface area contributed by atoms with Crippen LogP contribution < -0.4 is 4.90 Å². The molecule has 2 heterocycles. The van der Waals surface area contributed by atoms with Crippen molar-refractivity contribution in [2.24, 2.45) is 0 Å². The minimum absolute atomic E-state index is 0.0172. The molecule has 1 saturated heterocycles. The predicted molar refractivity (Wildman–Crippen MR) is 89.9 cm³/mol. The molecule has 3 aromatic rings. The molecule has 1 aliphatic carbocycles. The highest BCUT2D eigenvalue weighted by Gasteiger charge is 2.37. The maximum atomic E-state index is 12.6. The van der Waals surface area contributed by atoms with Crippen LogP contribution in [0.2, 0.25) is 0 Å². The first-order valence-electron chi connectivity index (χ1n) is 8.41. The van der Waals surface area contributed by atoms with Gasteiger partial charge in [-0.25, -0.2) is 0 Å². The number of carbonyl (C=O) groups excluding carboxylic acids is 1. The SMILES string of the molecule is O=C1C[C@@H](c2nc(C3CC3)no2)CN1c1cccc2ccccc12. The Morgan fingerprint density at radius 3 is 2.75 bits per heavy atom.